The van der Waals surface area contributed by atoms with Crippen LogP contribution in [0.3, 0.4) is 0 Å². The number of hydrogen-bond donors (Lipinski definition) is 5. The minimum absolute atomic E-state index is 0. The summed E-state index contributed by atoms with van der Waals surface area (Å²) in [7, 11) is -4.15. The lowest BCUT2D eigenvalue weighted by molar-refractivity contribution is -0.384. The van der Waals surface area contributed by atoms with Gasteiger partial charge in [-0.2, -0.15) is 0 Å². The summed E-state index contributed by atoms with van der Waals surface area (Å²) in [4.78, 5) is 55.1. The third-order valence-electron chi connectivity index (χ3n) is 3.00. The highest BCUT2D eigenvalue weighted by atomic mass is 79.9. The third kappa shape index (κ3) is 5.08. The van der Waals surface area contributed by atoms with Crippen LogP contribution in [0.25, 0.3) is 11.0 Å². The molecule has 0 unspecified atom stereocenters. The van der Waals surface area contributed by atoms with Crippen LogP contribution >= 0.6 is 24.6 Å². The zero-order valence-electron chi connectivity index (χ0n) is 12.0. The molecule has 1 aromatic heterocycles. The van der Waals surface area contributed by atoms with Gasteiger partial charge in [0.05, 0.1) is 22.1 Å². The number of non-ortho nitro benzene ring substituents is 1. The van der Waals surface area contributed by atoms with Crippen molar-refractivity contribution in [2.75, 3.05) is 12.7 Å². The monoisotopic (exact) mass is 424 g/mol. The number of H-pyrrole nitrogens is 2. The molecular formula is C11H14BrN4O7P. The number of aromatic nitrogens is 2. The molecule has 132 valence electrons. The lowest BCUT2D eigenvalue weighted by atomic mass is 10.1. The van der Waals surface area contributed by atoms with Crippen LogP contribution < -0.4 is 16.4 Å². The van der Waals surface area contributed by atoms with E-state index in [1.807, 2.05) is 0 Å². The fourth-order valence-electron chi connectivity index (χ4n) is 1.97. The second-order valence-electron chi connectivity index (χ2n) is 4.76. The first-order valence-electron chi connectivity index (χ1n) is 6.36. The van der Waals surface area contributed by atoms with Gasteiger partial charge in [0.25, 0.3) is 5.69 Å². The molecule has 0 aliphatic rings. The Balaban J connectivity index is 0.00000288. The van der Waals surface area contributed by atoms with Crippen molar-refractivity contribution in [1.82, 2.24) is 15.3 Å². The molecule has 2 rings (SSSR count). The molecule has 0 radical (unpaired) electrons. The Bertz CT molecular complexity index is 919. The summed E-state index contributed by atoms with van der Waals surface area (Å²) in [6.07, 6.45) is -0.396. The maximum atomic E-state index is 11.4. The second kappa shape index (κ2) is 7.81. The van der Waals surface area contributed by atoms with Gasteiger partial charge in [-0.1, -0.05) is 0 Å². The molecule has 1 heterocycles. The number of nitro groups is 1. The van der Waals surface area contributed by atoms with Crippen LogP contribution in [0.4, 0.5) is 5.69 Å². The van der Waals surface area contributed by atoms with Gasteiger partial charge >= 0.3 is 18.7 Å². The smallest absolute Gasteiger partial charge is 0.324 e. The third-order valence-corrected chi connectivity index (χ3v) is 3.81. The van der Waals surface area contributed by atoms with E-state index in [2.05, 4.69) is 15.3 Å². The molecule has 0 atom stereocenters. The lowest BCUT2D eigenvalue weighted by Crippen LogP contribution is -2.29. The number of nitrogens with one attached hydrogen (secondary N) is 3. The van der Waals surface area contributed by atoms with Crippen LogP contribution in [-0.2, 0) is 11.1 Å². The van der Waals surface area contributed by atoms with Crippen molar-refractivity contribution >= 4 is 41.3 Å². The van der Waals surface area contributed by atoms with E-state index in [1.54, 1.807) is 0 Å². The summed E-state index contributed by atoms with van der Waals surface area (Å²) in [5.41, 5.74) is -1.50. The number of benzene rings is 1. The molecule has 11 nitrogen and oxygen atoms in total. The normalized spacial score (nSPS) is 11.2. The Labute approximate surface area is 144 Å². The Kier molecular flexibility index (Phi) is 6.58. The van der Waals surface area contributed by atoms with Crippen LogP contribution in [0.5, 0.6) is 0 Å². The standard InChI is InChI=1S/C11H13N4O7P.BrH/c16-10-11(17)14-9-6(5-12-1-2-23(20,21)22)3-7(15(18)19)4-8(9)13-10;/h3-4,12H,1-2,5H2,(H,13,16)(H,14,17)(H2,20,21,22);1H. The number of aromatic amines is 2. The van der Waals surface area contributed by atoms with Crippen LogP contribution in [0.15, 0.2) is 21.7 Å². The van der Waals surface area contributed by atoms with Crippen LogP contribution in [-0.4, -0.2) is 37.4 Å². The Morgan fingerprint density at radius 3 is 2.42 bits per heavy atom. The molecule has 13 heteroatoms. The van der Waals surface area contributed by atoms with Crippen molar-refractivity contribution in [3.05, 3.63) is 48.5 Å². The molecular weight excluding hydrogens is 411 g/mol. The minimum atomic E-state index is -4.15. The molecule has 0 aliphatic carbocycles. The molecule has 0 saturated heterocycles. The first-order valence-corrected chi connectivity index (χ1v) is 8.16. The number of rotatable bonds is 6. The van der Waals surface area contributed by atoms with Gasteiger partial charge in [0.15, 0.2) is 0 Å². The summed E-state index contributed by atoms with van der Waals surface area (Å²) in [6, 6.07) is 2.33. The summed E-state index contributed by atoms with van der Waals surface area (Å²) >= 11 is 0. The number of fused-ring (bicyclic) bond motifs is 1. The summed E-state index contributed by atoms with van der Waals surface area (Å²) < 4.78 is 10.8. The van der Waals surface area contributed by atoms with Crippen molar-refractivity contribution in [2.24, 2.45) is 0 Å². The highest BCUT2D eigenvalue weighted by Gasteiger charge is 2.15. The summed E-state index contributed by atoms with van der Waals surface area (Å²) in [6.45, 7) is -0.0117. The van der Waals surface area contributed by atoms with Gasteiger partial charge in [-0.05, 0) is 5.56 Å². The number of nitro benzene ring substituents is 1. The van der Waals surface area contributed by atoms with E-state index >= 15 is 0 Å². The zero-order valence-corrected chi connectivity index (χ0v) is 14.6. The second-order valence-corrected chi connectivity index (χ2v) is 6.53. The van der Waals surface area contributed by atoms with Crippen LogP contribution in [0.2, 0.25) is 0 Å². The maximum Gasteiger partial charge on any atom is 0.326 e. The number of halogens is 1. The predicted octanol–water partition coefficient (Wildman–Crippen LogP) is -0.0302. The van der Waals surface area contributed by atoms with Crippen molar-refractivity contribution in [2.45, 2.75) is 6.54 Å². The largest absolute Gasteiger partial charge is 0.326 e. The van der Waals surface area contributed by atoms with E-state index in [-0.39, 0.29) is 46.8 Å². The summed E-state index contributed by atoms with van der Waals surface area (Å²) in [5.74, 6) is 0. The quantitative estimate of drug-likeness (QED) is 0.141. The van der Waals surface area contributed by atoms with E-state index in [9.17, 15) is 24.3 Å². The fourth-order valence-corrected chi connectivity index (χ4v) is 2.42. The molecule has 0 aliphatic heterocycles. The topological polar surface area (TPSA) is 178 Å². The van der Waals surface area contributed by atoms with Gasteiger partial charge in [0, 0.05) is 25.2 Å². The maximum absolute atomic E-state index is 11.4. The first kappa shape index (κ1) is 20.2. The molecule has 0 saturated carbocycles. The highest BCUT2D eigenvalue weighted by Crippen LogP contribution is 2.32. The van der Waals surface area contributed by atoms with E-state index < -0.39 is 29.8 Å². The fraction of sp³-hybridized carbons (Fsp3) is 0.273. The van der Waals surface area contributed by atoms with Crippen LogP contribution in [0, 0.1) is 10.1 Å². The SMILES string of the molecule is Br.O=c1[nH]c2cc([N+](=O)[O-])cc(CNCCP(=O)(O)O)c2[nH]c1=O. The Hall–Kier alpha value is -1.85. The van der Waals surface area contributed by atoms with E-state index in [0.29, 0.717) is 5.56 Å². The van der Waals surface area contributed by atoms with Gasteiger partial charge in [-0.15, -0.1) is 17.0 Å². The number of nitrogens with zero attached hydrogens (tertiary/aromatic N) is 1. The van der Waals surface area contributed by atoms with Crippen molar-refractivity contribution in [1.29, 1.82) is 0 Å². The molecule has 1 aromatic carbocycles. The average molecular weight is 425 g/mol. The van der Waals surface area contributed by atoms with Crippen molar-refractivity contribution < 1.29 is 19.3 Å². The first-order chi connectivity index (χ1) is 10.7. The molecule has 0 spiro atoms. The van der Waals surface area contributed by atoms with E-state index in [1.165, 1.54) is 6.07 Å². The van der Waals surface area contributed by atoms with Gasteiger partial charge in [0.1, 0.15) is 0 Å². The van der Waals surface area contributed by atoms with Gasteiger partial charge < -0.3 is 25.1 Å². The van der Waals surface area contributed by atoms with Crippen molar-refractivity contribution in [3.63, 3.8) is 0 Å². The molecule has 24 heavy (non-hydrogen) atoms. The molecule has 0 amide bonds. The Morgan fingerprint density at radius 2 is 1.83 bits per heavy atom. The lowest BCUT2D eigenvalue weighted by Gasteiger charge is -2.09. The highest BCUT2D eigenvalue weighted by molar-refractivity contribution is 8.93. The van der Waals surface area contributed by atoms with E-state index in [0.717, 1.165) is 6.07 Å². The number of hydrogen-bond acceptors (Lipinski definition) is 6. The van der Waals surface area contributed by atoms with Gasteiger partial charge in [-0.3, -0.25) is 24.3 Å². The predicted molar refractivity (Wildman–Crippen MR) is 90.8 cm³/mol. The van der Waals surface area contributed by atoms with Gasteiger partial charge in [-0.25, -0.2) is 0 Å². The molecule has 0 bridgehead atoms. The van der Waals surface area contributed by atoms with Crippen LogP contribution in [0.1, 0.15) is 5.56 Å². The van der Waals surface area contributed by atoms with Crippen molar-refractivity contribution in [3.8, 4) is 0 Å². The molecule has 5 N–H and O–H groups in total. The minimum Gasteiger partial charge on any atom is -0.324 e. The summed E-state index contributed by atoms with van der Waals surface area (Å²) in [5, 5.41) is 13.7. The molecule has 2 aromatic rings. The molecule has 0 fully saturated rings. The zero-order chi connectivity index (χ0) is 17.2. The average Bonchev–Trinajstić information content (AvgIpc) is 2.43. The van der Waals surface area contributed by atoms with E-state index in [4.69, 9.17) is 9.79 Å². The van der Waals surface area contributed by atoms with Gasteiger partial charge in [0.2, 0.25) is 0 Å². The Morgan fingerprint density at radius 1 is 1.21 bits per heavy atom.